The monoisotopic (exact) mass is 234 g/mol. The molecule has 0 atom stereocenters. The van der Waals surface area contributed by atoms with Gasteiger partial charge in [-0.25, -0.2) is 10.1 Å². The van der Waals surface area contributed by atoms with Gasteiger partial charge in [0.1, 0.15) is 5.76 Å². The van der Waals surface area contributed by atoms with Gasteiger partial charge in [0.2, 0.25) is 0 Å². The van der Waals surface area contributed by atoms with E-state index in [1.807, 2.05) is 0 Å². The van der Waals surface area contributed by atoms with Crippen LogP contribution in [-0.2, 0) is 10.2 Å². The van der Waals surface area contributed by atoms with Crippen LogP contribution in [0.5, 0.6) is 0 Å². The maximum Gasteiger partial charge on any atom is 0.341 e. The minimum absolute atomic E-state index is 0.210. The van der Waals surface area contributed by atoms with Crippen LogP contribution in [0.2, 0.25) is 0 Å². The highest BCUT2D eigenvalue weighted by molar-refractivity contribution is 7.88. The first-order valence-corrected chi connectivity index (χ1v) is 4.94. The van der Waals surface area contributed by atoms with Crippen molar-refractivity contribution in [1.29, 1.82) is 0 Å². The van der Waals surface area contributed by atoms with Crippen LogP contribution in [0.4, 0.5) is 0 Å². The predicted octanol–water partition coefficient (Wildman–Crippen LogP) is -0.771. The van der Waals surface area contributed by atoms with E-state index < -0.39 is 15.2 Å². The van der Waals surface area contributed by atoms with Crippen LogP contribution >= 0.6 is 0 Å². The molecule has 0 aliphatic heterocycles. The van der Waals surface area contributed by atoms with Gasteiger partial charge < -0.3 is 4.42 Å². The predicted molar refractivity (Wildman–Crippen MR) is 48.5 cm³/mol. The smallest absolute Gasteiger partial charge is 0.341 e. The molecule has 0 saturated carbocycles. The maximum absolute atomic E-state index is 10.9. The van der Waals surface area contributed by atoms with E-state index in [-0.39, 0.29) is 5.76 Å². The molecule has 15 heavy (non-hydrogen) atoms. The van der Waals surface area contributed by atoms with Gasteiger partial charge in [-0.1, -0.05) is 10.4 Å². The molecule has 82 valence electrons. The maximum atomic E-state index is 10.9. The molecule has 0 aliphatic carbocycles. The Balaban J connectivity index is 2.60. The minimum Gasteiger partial charge on any atom is -0.463 e. The highest BCUT2D eigenvalue weighted by atomic mass is 32.2. The summed E-state index contributed by atoms with van der Waals surface area (Å²) in [4.78, 5) is 11.2. The lowest BCUT2D eigenvalue weighted by Crippen LogP contribution is -2.40. The lowest BCUT2D eigenvalue weighted by Gasteiger charge is -1.95. The number of furan rings is 1. The van der Waals surface area contributed by atoms with Gasteiger partial charge in [0, 0.05) is 0 Å². The molecule has 0 saturated heterocycles. The topological polar surface area (TPSA) is 127 Å². The van der Waals surface area contributed by atoms with E-state index in [1.165, 1.54) is 28.8 Å². The van der Waals surface area contributed by atoms with Crippen molar-refractivity contribution in [3.63, 3.8) is 0 Å². The second-order valence-electron chi connectivity index (χ2n) is 2.20. The van der Waals surface area contributed by atoms with E-state index in [1.54, 1.807) is 0 Å². The minimum atomic E-state index is -4.15. The summed E-state index contributed by atoms with van der Waals surface area (Å²) in [6.07, 6.45) is 2.24. The Kier molecular flexibility index (Phi) is 3.36. The second-order valence-corrected chi connectivity index (χ2v) is 3.56. The molecule has 0 unspecified atom stereocenters. The van der Waals surface area contributed by atoms with Gasteiger partial charge in [-0.2, -0.15) is 12.8 Å². The first-order chi connectivity index (χ1) is 6.99. The van der Waals surface area contributed by atoms with Crippen LogP contribution in [0, 0.1) is 10.1 Å². The molecule has 10 heteroatoms. The Hall–Kier alpha value is -1.94. The van der Waals surface area contributed by atoms with E-state index in [4.69, 9.17) is 4.42 Å². The fourth-order valence-electron chi connectivity index (χ4n) is 0.607. The molecule has 1 rings (SSSR count). The summed E-state index contributed by atoms with van der Waals surface area (Å²) < 4.78 is 29.6. The molecule has 1 aromatic heterocycles. The van der Waals surface area contributed by atoms with E-state index in [2.05, 4.69) is 4.40 Å². The standard InChI is InChI=1S/C5H6N4O5S/c10-9(11)7-8-15(12,13)6-4-5-2-1-3-14-5/h1-4,7-8H. The van der Waals surface area contributed by atoms with Gasteiger partial charge >= 0.3 is 10.2 Å². The third-order valence-electron chi connectivity index (χ3n) is 1.13. The van der Waals surface area contributed by atoms with Crippen LogP contribution in [0.3, 0.4) is 0 Å². The molecular formula is C5H6N4O5S. The summed E-state index contributed by atoms with van der Waals surface area (Å²) in [6, 6.07) is 3.01. The lowest BCUT2D eigenvalue weighted by atomic mass is 10.5. The average Bonchev–Trinajstić information content (AvgIpc) is 2.65. The van der Waals surface area contributed by atoms with Crippen LogP contribution in [0.25, 0.3) is 0 Å². The van der Waals surface area contributed by atoms with Crippen molar-refractivity contribution < 1.29 is 17.9 Å². The number of nitro groups is 1. The Bertz CT molecular complexity index is 450. The highest BCUT2D eigenvalue weighted by Crippen LogP contribution is 1.96. The van der Waals surface area contributed by atoms with Crippen molar-refractivity contribution in [2.45, 2.75) is 0 Å². The van der Waals surface area contributed by atoms with Gasteiger partial charge in [0.05, 0.1) is 12.5 Å². The van der Waals surface area contributed by atoms with Gasteiger partial charge in [-0.05, 0) is 12.1 Å². The van der Waals surface area contributed by atoms with E-state index in [0.29, 0.717) is 0 Å². The summed E-state index contributed by atoms with van der Waals surface area (Å²) in [6.45, 7) is 0. The molecule has 9 nitrogen and oxygen atoms in total. The van der Waals surface area contributed by atoms with Crippen LogP contribution < -0.4 is 10.4 Å². The Morgan fingerprint density at radius 1 is 1.60 bits per heavy atom. The second kappa shape index (κ2) is 4.52. The molecular weight excluding hydrogens is 228 g/mol. The number of nitrogens with zero attached hydrogens (tertiary/aromatic N) is 2. The largest absolute Gasteiger partial charge is 0.463 e. The summed E-state index contributed by atoms with van der Waals surface area (Å²) >= 11 is 0. The van der Waals surface area contributed by atoms with Gasteiger partial charge in [-0.15, -0.1) is 0 Å². The molecule has 0 spiro atoms. The van der Waals surface area contributed by atoms with Crippen molar-refractivity contribution in [3.05, 3.63) is 34.3 Å². The van der Waals surface area contributed by atoms with Crippen molar-refractivity contribution in [1.82, 2.24) is 10.4 Å². The molecule has 0 bridgehead atoms. The van der Waals surface area contributed by atoms with Crippen LogP contribution in [-0.4, -0.2) is 19.7 Å². The number of hydrazine groups is 2. The van der Waals surface area contributed by atoms with Crippen molar-refractivity contribution >= 4 is 16.4 Å². The van der Waals surface area contributed by atoms with Crippen molar-refractivity contribution in [3.8, 4) is 0 Å². The van der Waals surface area contributed by atoms with Gasteiger partial charge in [0.25, 0.3) is 0 Å². The summed E-state index contributed by atoms with van der Waals surface area (Å²) in [5.74, 6) is 0.210. The van der Waals surface area contributed by atoms with E-state index >= 15 is 0 Å². The van der Waals surface area contributed by atoms with Crippen LogP contribution in [0.15, 0.2) is 27.2 Å². The van der Waals surface area contributed by atoms with Gasteiger partial charge in [-0.3, -0.25) is 0 Å². The molecule has 0 aromatic carbocycles. The van der Waals surface area contributed by atoms with Crippen molar-refractivity contribution in [2.75, 3.05) is 0 Å². The first-order valence-electron chi connectivity index (χ1n) is 3.50. The fraction of sp³-hybridized carbons (Fsp3) is 0. The third-order valence-corrected chi connectivity index (χ3v) is 1.86. The number of hydrogen-bond acceptors (Lipinski definition) is 5. The highest BCUT2D eigenvalue weighted by Gasteiger charge is 2.08. The first kappa shape index (κ1) is 11.1. The van der Waals surface area contributed by atoms with Gasteiger partial charge in [0.15, 0.2) is 5.03 Å². The normalized spacial score (nSPS) is 11.7. The number of nitrogens with one attached hydrogen (secondary N) is 2. The molecule has 1 heterocycles. The SMILES string of the molecule is O=[N+]([O-])NNS(=O)(=O)N=Cc1ccco1. The zero-order chi connectivity index (χ0) is 11.3. The molecule has 0 aliphatic rings. The van der Waals surface area contributed by atoms with E-state index in [0.717, 1.165) is 6.21 Å². The average molecular weight is 234 g/mol. The molecule has 1 aromatic rings. The van der Waals surface area contributed by atoms with E-state index in [9.17, 15) is 18.5 Å². The third kappa shape index (κ3) is 4.19. The Morgan fingerprint density at radius 3 is 2.87 bits per heavy atom. The quantitative estimate of drug-likeness (QED) is 0.391. The Labute approximate surface area is 84.1 Å². The van der Waals surface area contributed by atoms with Crippen molar-refractivity contribution in [2.24, 2.45) is 4.40 Å². The lowest BCUT2D eigenvalue weighted by molar-refractivity contribution is -0.550. The molecule has 0 radical (unpaired) electrons. The molecule has 2 N–H and O–H groups in total. The zero-order valence-corrected chi connectivity index (χ0v) is 7.97. The Morgan fingerprint density at radius 2 is 2.33 bits per heavy atom. The van der Waals surface area contributed by atoms with Crippen LogP contribution in [0.1, 0.15) is 5.76 Å². The fourth-order valence-corrected chi connectivity index (χ4v) is 1.09. The summed E-state index contributed by atoms with van der Waals surface area (Å²) in [7, 11) is -4.15. The number of hydrogen-bond donors (Lipinski definition) is 2. The summed E-state index contributed by atoms with van der Waals surface area (Å²) in [5.41, 5.74) is 1.26. The summed E-state index contributed by atoms with van der Waals surface area (Å²) in [5, 5.41) is 8.71. The number of rotatable bonds is 5. The zero-order valence-electron chi connectivity index (χ0n) is 7.15. The molecule has 0 amide bonds. The molecule has 0 fully saturated rings.